The van der Waals surface area contributed by atoms with Gasteiger partial charge in [0.25, 0.3) is 5.56 Å². The summed E-state index contributed by atoms with van der Waals surface area (Å²) in [6.07, 6.45) is 1.60. The summed E-state index contributed by atoms with van der Waals surface area (Å²) in [5.41, 5.74) is -0.0287. The Labute approximate surface area is 215 Å². The summed E-state index contributed by atoms with van der Waals surface area (Å²) in [4.78, 5) is 26.6. The first kappa shape index (κ1) is 24.7. The van der Waals surface area contributed by atoms with Crippen molar-refractivity contribution in [3.63, 3.8) is 0 Å². The van der Waals surface area contributed by atoms with Gasteiger partial charge in [0.05, 0.1) is 15.2 Å². The highest BCUT2D eigenvalue weighted by Gasteiger charge is 2.27. The lowest BCUT2D eigenvalue weighted by Crippen LogP contribution is -2.33. The van der Waals surface area contributed by atoms with Crippen LogP contribution in [0.4, 0.5) is 0 Å². The van der Waals surface area contributed by atoms with Crippen LogP contribution in [-0.2, 0) is 4.79 Å². The molecule has 0 fully saturated rings. The molecule has 0 radical (unpaired) electrons. The van der Waals surface area contributed by atoms with Crippen molar-refractivity contribution in [1.29, 1.82) is 5.26 Å². The van der Waals surface area contributed by atoms with Crippen LogP contribution in [0.25, 0.3) is 28.7 Å². The number of carbonyl (C=O) groups is 1. The Hall–Kier alpha value is -3.37. The second-order valence-electron chi connectivity index (χ2n) is 8.78. The third-order valence-electron chi connectivity index (χ3n) is 5.18. The van der Waals surface area contributed by atoms with Crippen molar-refractivity contribution in [2.75, 3.05) is 0 Å². The third-order valence-corrected chi connectivity index (χ3v) is 6.86. The maximum atomic E-state index is 13.5. The van der Waals surface area contributed by atoms with Crippen LogP contribution in [-0.4, -0.2) is 10.4 Å². The average molecular weight is 523 g/mol. The van der Waals surface area contributed by atoms with Crippen molar-refractivity contribution < 1.29 is 9.21 Å². The monoisotopic (exact) mass is 522 g/mol. The van der Waals surface area contributed by atoms with Gasteiger partial charge in [0.1, 0.15) is 27.8 Å². The molecule has 0 bridgehead atoms. The largest absolute Gasteiger partial charge is 0.457 e. The molecule has 5 nitrogen and oxygen atoms in total. The standard InChI is InChI=1S/C27H20Cl2N2O3S/c1-27(2,3)24(32)20(15-30)26-31(17-10-8-16(28)9-11-17)25(33)23(35-26)14-18-12-13-22(34-18)19-6-4-5-7-21(19)29/h4-14H,1-3H3/b23-14-,26-20-. The number of furan rings is 1. The van der Waals surface area contributed by atoms with Crippen LogP contribution in [0.1, 0.15) is 26.5 Å². The average Bonchev–Trinajstić information content (AvgIpc) is 3.40. The number of hydrogen-bond donors (Lipinski definition) is 0. The van der Waals surface area contributed by atoms with Gasteiger partial charge in [-0.25, -0.2) is 0 Å². The van der Waals surface area contributed by atoms with E-state index < -0.39 is 5.41 Å². The SMILES string of the molecule is CC(C)(C)C(=O)/C(C#N)=c1\s/c(=C\c2ccc(-c3ccccc3Cl)o2)c(=O)n1-c1ccc(Cl)cc1. The predicted molar refractivity (Wildman–Crippen MR) is 140 cm³/mol. The molecule has 0 saturated carbocycles. The summed E-state index contributed by atoms with van der Waals surface area (Å²) in [6.45, 7) is 5.20. The van der Waals surface area contributed by atoms with Crippen LogP contribution in [0.15, 0.2) is 69.9 Å². The number of Topliss-reactive ketones (excluding diaryl/α,β-unsaturated/α-hetero) is 1. The summed E-state index contributed by atoms with van der Waals surface area (Å²) in [5.74, 6) is 0.645. The van der Waals surface area contributed by atoms with Crippen LogP contribution < -0.4 is 14.8 Å². The molecule has 4 rings (SSSR count). The number of rotatable bonds is 4. The fraction of sp³-hybridized carbons (Fsp3) is 0.148. The number of nitrogens with zero attached hydrogens (tertiary/aromatic N) is 2. The van der Waals surface area contributed by atoms with Crippen molar-refractivity contribution in [3.8, 4) is 23.1 Å². The van der Waals surface area contributed by atoms with E-state index in [1.165, 1.54) is 4.57 Å². The molecule has 0 unspecified atom stereocenters. The second kappa shape index (κ2) is 9.71. The lowest BCUT2D eigenvalue weighted by atomic mass is 9.87. The van der Waals surface area contributed by atoms with Gasteiger partial charge in [-0.3, -0.25) is 14.2 Å². The maximum Gasteiger partial charge on any atom is 0.273 e. The summed E-state index contributed by atoms with van der Waals surface area (Å²) in [6, 6.07) is 19.5. The third kappa shape index (κ3) is 5.03. The summed E-state index contributed by atoms with van der Waals surface area (Å²) < 4.78 is 7.86. The molecule has 2 aromatic heterocycles. The predicted octanol–water partition coefficient (Wildman–Crippen LogP) is 5.58. The van der Waals surface area contributed by atoms with Gasteiger partial charge in [0, 0.05) is 22.1 Å². The van der Waals surface area contributed by atoms with E-state index >= 15 is 0 Å². The quantitative estimate of drug-likeness (QED) is 0.350. The van der Waals surface area contributed by atoms with Crippen LogP contribution in [0.5, 0.6) is 0 Å². The molecular weight excluding hydrogens is 503 g/mol. The number of carbonyl (C=O) groups excluding carboxylic acids is 1. The van der Waals surface area contributed by atoms with Gasteiger partial charge in [0.15, 0.2) is 5.78 Å². The number of halogens is 2. The van der Waals surface area contributed by atoms with E-state index in [-0.39, 0.29) is 21.6 Å². The first-order valence-electron chi connectivity index (χ1n) is 10.6. The Morgan fingerprint density at radius 1 is 1.06 bits per heavy atom. The van der Waals surface area contributed by atoms with E-state index in [2.05, 4.69) is 0 Å². The smallest absolute Gasteiger partial charge is 0.273 e. The molecule has 0 spiro atoms. The van der Waals surface area contributed by atoms with E-state index in [1.54, 1.807) is 69.3 Å². The molecule has 0 amide bonds. The highest BCUT2D eigenvalue weighted by molar-refractivity contribution is 7.07. The first-order chi connectivity index (χ1) is 16.6. The van der Waals surface area contributed by atoms with E-state index in [0.29, 0.717) is 31.8 Å². The molecule has 176 valence electrons. The second-order valence-corrected chi connectivity index (χ2v) is 10.7. The Bertz CT molecular complexity index is 1650. The van der Waals surface area contributed by atoms with Gasteiger partial charge in [-0.05, 0) is 48.5 Å². The van der Waals surface area contributed by atoms with Crippen LogP contribution in [0, 0.1) is 16.7 Å². The van der Waals surface area contributed by atoms with Gasteiger partial charge in [-0.2, -0.15) is 5.26 Å². The molecule has 0 N–H and O–H groups in total. The van der Waals surface area contributed by atoms with Crippen LogP contribution in [0.3, 0.4) is 0 Å². The Morgan fingerprint density at radius 3 is 2.37 bits per heavy atom. The molecule has 4 aromatic rings. The molecule has 0 atom stereocenters. The van der Waals surface area contributed by atoms with Gasteiger partial charge in [-0.15, -0.1) is 11.3 Å². The zero-order chi connectivity index (χ0) is 25.3. The normalized spacial score (nSPS) is 13.0. The number of nitriles is 1. The Morgan fingerprint density at radius 2 is 1.74 bits per heavy atom. The highest BCUT2D eigenvalue weighted by Crippen LogP contribution is 2.29. The van der Waals surface area contributed by atoms with E-state index in [4.69, 9.17) is 27.6 Å². The van der Waals surface area contributed by atoms with E-state index in [0.717, 1.165) is 16.9 Å². The summed E-state index contributed by atoms with van der Waals surface area (Å²) in [7, 11) is 0. The first-order valence-corrected chi connectivity index (χ1v) is 12.2. The topological polar surface area (TPSA) is 76.0 Å². The number of benzene rings is 2. The lowest BCUT2D eigenvalue weighted by molar-refractivity contribution is -0.120. The molecule has 0 aliphatic rings. The lowest BCUT2D eigenvalue weighted by Gasteiger charge is -2.15. The van der Waals surface area contributed by atoms with Crippen LogP contribution >= 0.6 is 34.5 Å². The fourth-order valence-electron chi connectivity index (χ4n) is 3.41. The van der Waals surface area contributed by atoms with Crippen molar-refractivity contribution in [1.82, 2.24) is 4.57 Å². The highest BCUT2D eigenvalue weighted by atomic mass is 35.5. The van der Waals surface area contributed by atoms with Gasteiger partial charge in [0.2, 0.25) is 0 Å². The van der Waals surface area contributed by atoms with Crippen molar-refractivity contribution in [2.45, 2.75) is 20.8 Å². The van der Waals surface area contributed by atoms with Crippen molar-refractivity contribution in [2.24, 2.45) is 5.41 Å². The molecule has 2 heterocycles. The number of thiazole rings is 1. The minimum atomic E-state index is -0.801. The van der Waals surface area contributed by atoms with Crippen molar-refractivity contribution in [3.05, 3.63) is 96.0 Å². The minimum absolute atomic E-state index is 0.0783. The maximum absolute atomic E-state index is 13.5. The Balaban J connectivity index is 1.97. The fourth-order valence-corrected chi connectivity index (χ4v) is 4.85. The molecule has 8 heteroatoms. The molecule has 0 aliphatic heterocycles. The number of aromatic nitrogens is 1. The van der Waals surface area contributed by atoms with E-state index in [1.807, 2.05) is 24.3 Å². The zero-order valence-corrected chi connectivity index (χ0v) is 21.5. The van der Waals surface area contributed by atoms with E-state index in [9.17, 15) is 14.9 Å². The van der Waals surface area contributed by atoms with Crippen LogP contribution in [0.2, 0.25) is 10.0 Å². The van der Waals surface area contributed by atoms with Gasteiger partial charge < -0.3 is 4.42 Å². The number of hydrogen-bond acceptors (Lipinski definition) is 5. The molecule has 0 saturated heterocycles. The van der Waals surface area contributed by atoms with Crippen molar-refractivity contribution >= 4 is 52.0 Å². The Kier molecular flexibility index (Phi) is 6.86. The summed E-state index contributed by atoms with van der Waals surface area (Å²) in [5, 5.41) is 10.9. The van der Waals surface area contributed by atoms with Gasteiger partial charge in [-0.1, -0.05) is 56.1 Å². The molecule has 2 aromatic carbocycles. The minimum Gasteiger partial charge on any atom is -0.457 e. The number of ketones is 1. The molecule has 35 heavy (non-hydrogen) atoms. The zero-order valence-electron chi connectivity index (χ0n) is 19.1. The van der Waals surface area contributed by atoms with Gasteiger partial charge >= 0.3 is 0 Å². The molecule has 0 aliphatic carbocycles. The molecular formula is C27H20Cl2N2O3S. The summed E-state index contributed by atoms with van der Waals surface area (Å²) >= 11 is 13.4.